The van der Waals surface area contributed by atoms with Gasteiger partial charge in [-0.15, -0.1) is 6.58 Å². The topological polar surface area (TPSA) is 107 Å². The van der Waals surface area contributed by atoms with Crippen molar-refractivity contribution in [2.24, 2.45) is 11.3 Å². The monoisotopic (exact) mass is 298 g/mol. The van der Waals surface area contributed by atoms with E-state index >= 15 is 0 Å². The summed E-state index contributed by atoms with van der Waals surface area (Å²) in [6.45, 7) is 8.54. The van der Waals surface area contributed by atoms with Crippen molar-refractivity contribution in [1.29, 1.82) is 0 Å². The number of aliphatic carboxylic acids is 1. The number of carboxylic acid groups (broad SMARTS) is 1. The SMILES string of the molecule is C=CC[C@H](CC(=O)CC(C)(C)C)C(=O)NC(CO)C(=O)[O-]. The van der Waals surface area contributed by atoms with Gasteiger partial charge in [0.25, 0.3) is 0 Å². The van der Waals surface area contributed by atoms with Crippen LogP contribution in [0.25, 0.3) is 0 Å². The molecule has 0 spiro atoms. The lowest BCUT2D eigenvalue weighted by molar-refractivity contribution is -0.309. The number of aliphatic hydroxyl groups excluding tert-OH is 1. The molecule has 1 amide bonds. The van der Waals surface area contributed by atoms with Gasteiger partial charge in [0.15, 0.2) is 0 Å². The summed E-state index contributed by atoms with van der Waals surface area (Å²) in [5.41, 5.74) is -0.176. The number of carboxylic acids is 1. The second-order valence-electron chi connectivity index (χ2n) is 6.26. The Morgan fingerprint density at radius 2 is 1.90 bits per heavy atom. The van der Waals surface area contributed by atoms with Crippen LogP contribution in [0.2, 0.25) is 0 Å². The fourth-order valence-corrected chi connectivity index (χ4v) is 1.89. The van der Waals surface area contributed by atoms with Gasteiger partial charge in [-0.25, -0.2) is 0 Å². The predicted molar refractivity (Wildman–Crippen MR) is 76.0 cm³/mol. The molecule has 0 heterocycles. The van der Waals surface area contributed by atoms with Crippen LogP contribution in [0.15, 0.2) is 12.7 Å². The van der Waals surface area contributed by atoms with Crippen molar-refractivity contribution in [1.82, 2.24) is 5.32 Å². The second kappa shape index (κ2) is 8.56. The van der Waals surface area contributed by atoms with Gasteiger partial charge in [0.2, 0.25) is 5.91 Å². The van der Waals surface area contributed by atoms with E-state index in [1.54, 1.807) is 0 Å². The minimum atomic E-state index is -1.57. The van der Waals surface area contributed by atoms with E-state index in [9.17, 15) is 19.5 Å². The Morgan fingerprint density at radius 1 is 1.33 bits per heavy atom. The van der Waals surface area contributed by atoms with Crippen LogP contribution in [-0.2, 0) is 14.4 Å². The molecule has 0 fully saturated rings. The molecule has 0 radical (unpaired) electrons. The standard InChI is InChI=1S/C15H25NO5/c1-5-6-10(7-11(18)8-15(2,3)4)13(19)16-12(9-17)14(20)21/h5,10,12,17H,1,6-9H2,2-4H3,(H,16,19)(H,20,21)/p-1/t10-,12?/m1/s1. The number of ketones is 1. The molecule has 21 heavy (non-hydrogen) atoms. The van der Waals surface area contributed by atoms with Crippen molar-refractivity contribution in [3.63, 3.8) is 0 Å². The van der Waals surface area contributed by atoms with Crippen LogP contribution in [0.4, 0.5) is 0 Å². The summed E-state index contributed by atoms with van der Waals surface area (Å²) in [7, 11) is 0. The number of rotatable bonds is 9. The van der Waals surface area contributed by atoms with Gasteiger partial charge < -0.3 is 20.3 Å². The zero-order valence-corrected chi connectivity index (χ0v) is 12.8. The summed E-state index contributed by atoms with van der Waals surface area (Å²) in [6, 6.07) is -1.47. The van der Waals surface area contributed by atoms with E-state index in [1.165, 1.54) is 6.08 Å². The molecule has 120 valence electrons. The van der Waals surface area contributed by atoms with E-state index in [0.717, 1.165) is 0 Å². The van der Waals surface area contributed by atoms with Gasteiger partial charge in [0.1, 0.15) is 5.78 Å². The van der Waals surface area contributed by atoms with Gasteiger partial charge in [-0.1, -0.05) is 26.8 Å². The van der Waals surface area contributed by atoms with Crippen LogP contribution in [0, 0.1) is 11.3 Å². The number of hydrogen-bond donors (Lipinski definition) is 2. The minimum absolute atomic E-state index is 0.0142. The maximum absolute atomic E-state index is 12.0. The molecule has 2 N–H and O–H groups in total. The summed E-state index contributed by atoms with van der Waals surface area (Å²) >= 11 is 0. The molecule has 1 unspecified atom stereocenters. The van der Waals surface area contributed by atoms with Crippen molar-refractivity contribution >= 4 is 17.7 Å². The lowest BCUT2D eigenvalue weighted by Crippen LogP contribution is -2.51. The largest absolute Gasteiger partial charge is 0.548 e. The van der Waals surface area contributed by atoms with Gasteiger partial charge in [-0.2, -0.15) is 0 Å². The number of carbonyl (C=O) groups excluding carboxylic acids is 3. The zero-order chi connectivity index (χ0) is 16.6. The smallest absolute Gasteiger partial charge is 0.224 e. The first-order chi connectivity index (χ1) is 9.60. The molecule has 6 heteroatoms. The average molecular weight is 298 g/mol. The first kappa shape index (κ1) is 19.3. The molecule has 0 aromatic carbocycles. The summed E-state index contributed by atoms with van der Waals surface area (Å²) in [5.74, 6) is -2.92. The van der Waals surface area contributed by atoms with Crippen LogP contribution in [0.1, 0.15) is 40.0 Å². The van der Waals surface area contributed by atoms with Crippen LogP contribution < -0.4 is 10.4 Å². The predicted octanol–water partition coefficient (Wildman–Crippen LogP) is -0.199. The number of allylic oxidation sites excluding steroid dienone is 1. The molecule has 0 aliphatic heterocycles. The maximum atomic E-state index is 12.0. The van der Waals surface area contributed by atoms with E-state index in [4.69, 9.17) is 5.11 Å². The highest BCUT2D eigenvalue weighted by Crippen LogP contribution is 2.22. The molecule has 0 aromatic heterocycles. The van der Waals surface area contributed by atoms with E-state index in [0.29, 0.717) is 6.42 Å². The first-order valence-corrected chi connectivity index (χ1v) is 6.85. The number of nitrogens with one attached hydrogen (secondary N) is 1. The normalized spacial score (nSPS) is 14.1. The molecule has 0 saturated heterocycles. The number of hydrogen-bond acceptors (Lipinski definition) is 5. The summed E-state index contributed by atoms with van der Waals surface area (Å²) in [6.07, 6.45) is 2.10. The lowest BCUT2D eigenvalue weighted by atomic mass is 9.86. The molecule has 0 aliphatic rings. The van der Waals surface area contributed by atoms with Crippen molar-refractivity contribution in [2.75, 3.05) is 6.61 Å². The third-order valence-corrected chi connectivity index (χ3v) is 2.81. The van der Waals surface area contributed by atoms with Crippen molar-refractivity contribution in [2.45, 2.75) is 46.1 Å². The molecule has 0 bridgehead atoms. The number of amides is 1. The zero-order valence-electron chi connectivity index (χ0n) is 12.8. The average Bonchev–Trinajstić information content (AvgIpc) is 2.32. The highest BCUT2D eigenvalue weighted by atomic mass is 16.4. The Balaban J connectivity index is 4.73. The molecular weight excluding hydrogens is 274 g/mol. The van der Waals surface area contributed by atoms with Gasteiger partial charge in [0.05, 0.1) is 18.6 Å². The van der Waals surface area contributed by atoms with Gasteiger partial charge in [0, 0.05) is 18.8 Å². The fourth-order valence-electron chi connectivity index (χ4n) is 1.89. The molecule has 0 aromatic rings. The van der Waals surface area contributed by atoms with Crippen molar-refractivity contribution < 1.29 is 24.6 Å². The van der Waals surface area contributed by atoms with Gasteiger partial charge >= 0.3 is 0 Å². The lowest BCUT2D eigenvalue weighted by Gasteiger charge is -2.22. The van der Waals surface area contributed by atoms with Crippen LogP contribution >= 0.6 is 0 Å². The third-order valence-electron chi connectivity index (χ3n) is 2.81. The molecule has 6 nitrogen and oxygen atoms in total. The van der Waals surface area contributed by atoms with Crippen LogP contribution in [0.5, 0.6) is 0 Å². The summed E-state index contributed by atoms with van der Waals surface area (Å²) in [5, 5.41) is 21.7. The Labute approximate surface area is 125 Å². The quantitative estimate of drug-likeness (QED) is 0.573. The van der Waals surface area contributed by atoms with E-state index in [2.05, 4.69) is 11.9 Å². The van der Waals surface area contributed by atoms with E-state index < -0.39 is 30.4 Å². The Bertz CT molecular complexity index is 397. The van der Waals surface area contributed by atoms with Crippen LogP contribution in [0.3, 0.4) is 0 Å². The van der Waals surface area contributed by atoms with Crippen LogP contribution in [-0.4, -0.2) is 35.4 Å². The van der Waals surface area contributed by atoms with Crippen molar-refractivity contribution in [3.05, 3.63) is 12.7 Å². The first-order valence-electron chi connectivity index (χ1n) is 6.85. The Kier molecular flexibility index (Phi) is 7.88. The highest BCUT2D eigenvalue weighted by Gasteiger charge is 2.25. The van der Waals surface area contributed by atoms with Crippen molar-refractivity contribution in [3.8, 4) is 0 Å². The highest BCUT2D eigenvalue weighted by molar-refractivity contribution is 5.89. The van der Waals surface area contributed by atoms with Gasteiger partial charge in [-0.05, 0) is 11.8 Å². The van der Waals surface area contributed by atoms with E-state index in [1.807, 2.05) is 20.8 Å². The molecule has 0 rings (SSSR count). The Hall–Kier alpha value is -1.69. The number of aliphatic hydroxyl groups is 1. The molecule has 0 saturated carbocycles. The van der Waals surface area contributed by atoms with Gasteiger partial charge in [-0.3, -0.25) is 9.59 Å². The number of carbonyl (C=O) groups is 3. The molecule has 2 atom stereocenters. The minimum Gasteiger partial charge on any atom is -0.548 e. The number of Topliss-reactive ketones (excluding diaryl/α,β-unsaturated/α-hetero) is 1. The third kappa shape index (κ3) is 8.24. The maximum Gasteiger partial charge on any atom is 0.224 e. The molecular formula is C15H24NO5-. The second-order valence-corrected chi connectivity index (χ2v) is 6.26. The summed E-state index contributed by atoms with van der Waals surface area (Å²) < 4.78 is 0. The molecule has 0 aliphatic carbocycles. The Morgan fingerprint density at radius 3 is 2.29 bits per heavy atom. The van der Waals surface area contributed by atoms with E-state index in [-0.39, 0.29) is 24.0 Å². The fraction of sp³-hybridized carbons (Fsp3) is 0.667. The summed E-state index contributed by atoms with van der Waals surface area (Å²) in [4.78, 5) is 34.6.